The summed E-state index contributed by atoms with van der Waals surface area (Å²) in [6.07, 6.45) is 1.12. The van der Waals surface area contributed by atoms with Crippen LogP contribution in [-0.2, 0) is 0 Å². The number of benzene rings is 1. The number of aliphatic hydroxyl groups is 1. The number of rotatable bonds is 2. The smallest absolute Gasteiger partial charge is 0.131 e. The summed E-state index contributed by atoms with van der Waals surface area (Å²) in [4.78, 5) is 4.13. The highest BCUT2D eigenvalue weighted by Crippen LogP contribution is 2.27. The average Bonchev–Trinajstić information content (AvgIpc) is 2.74. The third-order valence-electron chi connectivity index (χ3n) is 2.63. The normalized spacial score (nSPS) is 12.7. The fraction of sp³-hybridized carbons (Fsp3) is 0.250. The molecule has 1 heterocycles. The molecule has 1 atom stereocenters. The Hall–Kier alpha value is -1.19. The van der Waals surface area contributed by atoms with Crippen molar-refractivity contribution >= 4 is 11.3 Å². The highest BCUT2D eigenvalue weighted by molar-refractivity contribution is 7.09. The molecule has 0 aliphatic heterocycles. The van der Waals surface area contributed by atoms with Crippen LogP contribution in [0.2, 0.25) is 0 Å². The first-order chi connectivity index (χ1) is 7.20. The molecule has 0 fully saturated rings. The molecule has 0 radical (unpaired) electrons. The highest BCUT2D eigenvalue weighted by atomic mass is 32.1. The van der Waals surface area contributed by atoms with Gasteiger partial charge in [0.15, 0.2) is 0 Å². The van der Waals surface area contributed by atoms with Crippen molar-refractivity contribution in [3.05, 3.63) is 51.5 Å². The quantitative estimate of drug-likeness (QED) is 0.842. The minimum Gasteiger partial charge on any atom is -0.381 e. The van der Waals surface area contributed by atoms with Crippen molar-refractivity contribution in [2.24, 2.45) is 0 Å². The summed E-state index contributed by atoms with van der Waals surface area (Å²) >= 11 is 1.48. The molecule has 1 aromatic carbocycles. The molecule has 0 spiro atoms. The lowest BCUT2D eigenvalue weighted by molar-refractivity contribution is 0.219. The summed E-state index contributed by atoms with van der Waals surface area (Å²) in [5, 5.41) is 12.8. The van der Waals surface area contributed by atoms with Crippen LogP contribution in [0.5, 0.6) is 0 Å². The molecule has 0 saturated heterocycles. The Bertz CT molecular complexity index is 451. The van der Waals surface area contributed by atoms with Crippen molar-refractivity contribution in [2.45, 2.75) is 20.0 Å². The first kappa shape index (κ1) is 10.3. The Balaban J connectivity index is 2.42. The van der Waals surface area contributed by atoms with Crippen LogP contribution < -0.4 is 0 Å². The zero-order valence-corrected chi connectivity index (χ0v) is 9.58. The van der Waals surface area contributed by atoms with E-state index >= 15 is 0 Å². The van der Waals surface area contributed by atoms with Crippen LogP contribution in [0.4, 0.5) is 0 Å². The molecule has 1 unspecified atom stereocenters. The molecule has 3 heteroatoms. The van der Waals surface area contributed by atoms with Gasteiger partial charge in [-0.15, -0.1) is 11.3 Å². The van der Waals surface area contributed by atoms with Crippen molar-refractivity contribution in [2.75, 3.05) is 0 Å². The van der Waals surface area contributed by atoms with E-state index in [1.165, 1.54) is 16.9 Å². The van der Waals surface area contributed by atoms with Gasteiger partial charge in [0.2, 0.25) is 0 Å². The minimum absolute atomic E-state index is 0.593. The number of nitrogens with zero attached hydrogens (tertiary/aromatic N) is 1. The molecule has 2 aromatic rings. The predicted molar refractivity (Wildman–Crippen MR) is 62.1 cm³/mol. The zero-order valence-electron chi connectivity index (χ0n) is 8.77. The average molecular weight is 219 g/mol. The Morgan fingerprint density at radius 3 is 2.80 bits per heavy atom. The van der Waals surface area contributed by atoms with Gasteiger partial charge in [-0.3, -0.25) is 0 Å². The molecule has 0 aliphatic rings. The second-order valence-electron chi connectivity index (χ2n) is 3.56. The van der Waals surface area contributed by atoms with Crippen molar-refractivity contribution in [3.8, 4) is 0 Å². The topological polar surface area (TPSA) is 33.1 Å². The first-order valence-electron chi connectivity index (χ1n) is 4.83. The number of aliphatic hydroxyl groups excluding tert-OH is 1. The van der Waals surface area contributed by atoms with E-state index in [-0.39, 0.29) is 0 Å². The third kappa shape index (κ3) is 1.94. The second kappa shape index (κ2) is 4.13. The lowest BCUT2D eigenvalue weighted by atomic mass is 9.99. The molecular formula is C12H13NOS. The Morgan fingerprint density at radius 1 is 1.33 bits per heavy atom. The summed E-state index contributed by atoms with van der Waals surface area (Å²) < 4.78 is 0. The molecule has 2 nitrogen and oxygen atoms in total. The lowest BCUT2D eigenvalue weighted by Crippen LogP contribution is -2.02. The Kier molecular flexibility index (Phi) is 2.84. The van der Waals surface area contributed by atoms with Crippen molar-refractivity contribution in [1.29, 1.82) is 0 Å². The molecule has 0 saturated carbocycles. The van der Waals surface area contributed by atoms with Gasteiger partial charge in [-0.1, -0.05) is 18.2 Å². The van der Waals surface area contributed by atoms with Crippen LogP contribution in [0.25, 0.3) is 0 Å². The molecule has 2 rings (SSSR count). The fourth-order valence-electron chi connectivity index (χ4n) is 1.57. The van der Waals surface area contributed by atoms with E-state index in [2.05, 4.69) is 4.98 Å². The number of hydrogen-bond donors (Lipinski definition) is 1. The molecule has 1 N–H and O–H groups in total. The van der Waals surface area contributed by atoms with Gasteiger partial charge in [0.1, 0.15) is 11.1 Å². The standard InChI is InChI=1S/C12H13NOS/c1-8-4-3-5-10(9(8)2)11(14)12-13-6-7-15-12/h3-7,11,14H,1-2H3. The van der Waals surface area contributed by atoms with Gasteiger partial charge in [-0.2, -0.15) is 0 Å². The maximum atomic E-state index is 10.1. The molecule has 1 aromatic heterocycles. The summed E-state index contributed by atoms with van der Waals surface area (Å²) in [6.45, 7) is 4.08. The van der Waals surface area contributed by atoms with Gasteiger partial charge in [-0.05, 0) is 30.5 Å². The van der Waals surface area contributed by atoms with Crippen LogP contribution in [-0.4, -0.2) is 10.1 Å². The number of aromatic nitrogens is 1. The van der Waals surface area contributed by atoms with Gasteiger partial charge in [-0.25, -0.2) is 4.98 Å². The van der Waals surface area contributed by atoms with Gasteiger partial charge in [0, 0.05) is 11.6 Å². The molecule has 0 aliphatic carbocycles. The summed E-state index contributed by atoms with van der Waals surface area (Å²) in [7, 11) is 0. The van der Waals surface area contributed by atoms with Crippen LogP contribution in [0, 0.1) is 13.8 Å². The molecule has 0 amide bonds. The van der Waals surface area contributed by atoms with Crippen molar-refractivity contribution < 1.29 is 5.11 Å². The fourth-order valence-corrected chi connectivity index (χ4v) is 2.21. The van der Waals surface area contributed by atoms with Gasteiger partial charge in [0.05, 0.1) is 0 Å². The van der Waals surface area contributed by atoms with Crippen molar-refractivity contribution in [1.82, 2.24) is 4.98 Å². The van der Waals surface area contributed by atoms with Crippen LogP contribution in [0.15, 0.2) is 29.8 Å². The van der Waals surface area contributed by atoms with Crippen LogP contribution in [0.1, 0.15) is 27.8 Å². The van der Waals surface area contributed by atoms with E-state index in [0.29, 0.717) is 0 Å². The van der Waals surface area contributed by atoms with Crippen molar-refractivity contribution in [3.63, 3.8) is 0 Å². The lowest BCUT2D eigenvalue weighted by Gasteiger charge is -2.12. The number of hydrogen-bond acceptors (Lipinski definition) is 3. The number of aryl methyl sites for hydroxylation is 1. The molecule has 78 valence electrons. The van der Waals surface area contributed by atoms with Gasteiger partial charge < -0.3 is 5.11 Å². The highest BCUT2D eigenvalue weighted by Gasteiger charge is 2.15. The zero-order chi connectivity index (χ0) is 10.8. The van der Waals surface area contributed by atoms with Crippen LogP contribution >= 0.6 is 11.3 Å². The maximum Gasteiger partial charge on any atom is 0.131 e. The maximum absolute atomic E-state index is 10.1. The minimum atomic E-state index is -0.593. The number of thiazole rings is 1. The van der Waals surface area contributed by atoms with Gasteiger partial charge >= 0.3 is 0 Å². The van der Waals surface area contributed by atoms with E-state index in [0.717, 1.165) is 16.1 Å². The summed E-state index contributed by atoms with van der Waals surface area (Å²) in [5.41, 5.74) is 3.29. The van der Waals surface area contributed by atoms with E-state index in [9.17, 15) is 5.11 Å². The van der Waals surface area contributed by atoms with E-state index in [1.807, 2.05) is 37.4 Å². The Labute approximate surface area is 93.2 Å². The monoisotopic (exact) mass is 219 g/mol. The second-order valence-corrected chi connectivity index (χ2v) is 4.49. The largest absolute Gasteiger partial charge is 0.381 e. The van der Waals surface area contributed by atoms with Crippen LogP contribution in [0.3, 0.4) is 0 Å². The summed E-state index contributed by atoms with van der Waals surface area (Å²) in [6, 6.07) is 5.97. The summed E-state index contributed by atoms with van der Waals surface area (Å²) in [5.74, 6) is 0. The molecular weight excluding hydrogens is 206 g/mol. The van der Waals surface area contributed by atoms with Gasteiger partial charge in [0.25, 0.3) is 0 Å². The first-order valence-corrected chi connectivity index (χ1v) is 5.71. The predicted octanol–water partition coefficient (Wildman–Crippen LogP) is 2.84. The van der Waals surface area contributed by atoms with E-state index in [4.69, 9.17) is 0 Å². The van der Waals surface area contributed by atoms with E-state index in [1.54, 1.807) is 6.20 Å². The van der Waals surface area contributed by atoms with E-state index < -0.39 is 6.10 Å². The Morgan fingerprint density at radius 2 is 2.13 bits per heavy atom. The third-order valence-corrected chi connectivity index (χ3v) is 3.45. The SMILES string of the molecule is Cc1cccc(C(O)c2nccs2)c1C. The molecule has 15 heavy (non-hydrogen) atoms. The molecule has 0 bridgehead atoms.